The Kier molecular flexibility index (Phi) is 6.86. The number of allylic oxidation sites excluding steroid dienone is 1. The monoisotopic (exact) mass is 390 g/mol. The first-order valence-electron chi connectivity index (χ1n) is 8.66. The number of amides is 1. The van der Waals surface area contributed by atoms with Gasteiger partial charge in [0.1, 0.15) is 17.3 Å². The van der Waals surface area contributed by atoms with E-state index in [0.717, 1.165) is 18.0 Å². The van der Waals surface area contributed by atoms with Gasteiger partial charge in [-0.15, -0.1) is 0 Å². The highest BCUT2D eigenvalue weighted by atomic mass is 19.1. The van der Waals surface area contributed by atoms with Gasteiger partial charge >= 0.3 is 0 Å². The molecule has 150 valence electrons. The Morgan fingerprint density at radius 1 is 1.36 bits per heavy atom. The molecule has 0 bridgehead atoms. The number of halogens is 2. The second-order valence-corrected chi connectivity index (χ2v) is 6.16. The number of amidine groups is 1. The van der Waals surface area contributed by atoms with Gasteiger partial charge in [-0.2, -0.15) is 0 Å². The molecule has 1 aliphatic heterocycles. The van der Waals surface area contributed by atoms with E-state index < -0.39 is 11.6 Å². The number of hydrogen-bond acceptors (Lipinski definition) is 5. The Hall–Kier alpha value is -3.23. The van der Waals surface area contributed by atoms with E-state index in [1.165, 1.54) is 26.3 Å². The van der Waals surface area contributed by atoms with Crippen LogP contribution in [-0.4, -0.2) is 50.0 Å². The van der Waals surface area contributed by atoms with Crippen molar-refractivity contribution in [3.05, 3.63) is 46.8 Å². The maximum absolute atomic E-state index is 14.9. The van der Waals surface area contributed by atoms with Gasteiger partial charge in [0.15, 0.2) is 5.82 Å². The van der Waals surface area contributed by atoms with Crippen molar-refractivity contribution in [2.24, 2.45) is 21.5 Å². The minimum Gasteiger partial charge on any atom is -0.404 e. The molecule has 1 aromatic carbocycles. The summed E-state index contributed by atoms with van der Waals surface area (Å²) in [5, 5.41) is 3.04. The number of rotatable bonds is 5. The van der Waals surface area contributed by atoms with E-state index in [9.17, 15) is 13.6 Å². The van der Waals surface area contributed by atoms with Crippen molar-refractivity contribution in [3.63, 3.8) is 0 Å². The van der Waals surface area contributed by atoms with Crippen LogP contribution >= 0.6 is 0 Å². The summed E-state index contributed by atoms with van der Waals surface area (Å²) < 4.78 is 29.1. The molecule has 0 aliphatic carbocycles. The smallest absolute Gasteiger partial charge is 0.219 e. The minimum atomic E-state index is -0.898. The second kappa shape index (κ2) is 9.12. The molecule has 9 heteroatoms. The summed E-state index contributed by atoms with van der Waals surface area (Å²) in [6.45, 7) is 2.28. The van der Waals surface area contributed by atoms with Crippen molar-refractivity contribution in [3.8, 4) is 0 Å². The van der Waals surface area contributed by atoms with Crippen LogP contribution in [-0.2, 0) is 4.79 Å². The summed E-state index contributed by atoms with van der Waals surface area (Å²) in [7, 11) is 3.21. The molecule has 0 unspecified atom stereocenters. The SMILES string of the molecule is CN=CC(=CN)c1c(F)ccc(N=C(N)C2=C(NC)CCN(C(C)=O)C2)c1F. The minimum absolute atomic E-state index is 0.0502. The number of hydrogen-bond donors (Lipinski definition) is 3. The van der Waals surface area contributed by atoms with Crippen LogP contribution in [0.4, 0.5) is 14.5 Å². The molecule has 0 fully saturated rings. The summed E-state index contributed by atoms with van der Waals surface area (Å²) in [6.07, 6.45) is 2.90. The van der Waals surface area contributed by atoms with E-state index in [0.29, 0.717) is 18.5 Å². The zero-order valence-corrected chi connectivity index (χ0v) is 16.1. The quantitative estimate of drug-likeness (QED) is 0.525. The molecule has 0 saturated heterocycles. The van der Waals surface area contributed by atoms with Crippen LogP contribution in [0.25, 0.3) is 5.57 Å². The highest BCUT2D eigenvalue weighted by molar-refractivity contribution is 6.10. The van der Waals surface area contributed by atoms with Gasteiger partial charge in [-0.25, -0.2) is 13.8 Å². The average Bonchev–Trinajstić information content (AvgIpc) is 2.68. The predicted octanol–water partition coefficient (Wildman–Crippen LogP) is 1.68. The maximum Gasteiger partial charge on any atom is 0.219 e. The number of carbonyl (C=O) groups excluding carboxylic acids is 1. The fraction of sp³-hybridized carbons (Fsp3) is 0.316. The van der Waals surface area contributed by atoms with E-state index in [1.54, 1.807) is 11.9 Å². The predicted molar refractivity (Wildman–Crippen MR) is 107 cm³/mol. The molecule has 5 N–H and O–H groups in total. The van der Waals surface area contributed by atoms with Crippen LogP contribution in [0.15, 0.2) is 39.6 Å². The first-order valence-corrected chi connectivity index (χ1v) is 8.66. The van der Waals surface area contributed by atoms with Crippen LogP contribution in [0.1, 0.15) is 18.9 Å². The molecule has 1 aromatic rings. The Morgan fingerprint density at radius 3 is 2.64 bits per heavy atom. The molecule has 0 saturated carbocycles. The number of nitrogens with zero attached hydrogens (tertiary/aromatic N) is 3. The van der Waals surface area contributed by atoms with Crippen LogP contribution in [0.2, 0.25) is 0 Å². The number of benzene rings is 1. The van der Waals surface area contributed by atoms with E-state index in [1.807, 2.05) is 0 Å². The summed E-state index contributed by atoms with van der Waals surface area (Å²) >= 11 is 0. The van der Waals surface area contributed by atoms with Gasteiger partial charge in [0.25, 0.3) is 0 Å². The third-order valence-corrected chi connectivity index (χ3v) is 4.45. The largest absolute Gasteiger partial charge is 0.404 e. The number of carbonyl (C=O) groups is 1. The first kappa shape index (κ1) is 21.1. The Morgan fingerprint density at radius 2 is 2.07 bits per heavy atom. The third kappa shape index (κ3) is 4.36. The lowest BCUT2D eigenvalue weighted by Crippen LogP contribution is -2.40. The van der Waals surface area contributed by atoms with Crippen molar-refractivity contribution in [2.45, 2.75) is 13.3 Å². The molecule has 0 spiro atoms. The normalized spacial score (nSPS) is 16.1. The lowest BCUT2D eigenvalue weighted by molar-refractivity contribution is -0.128. The van der Waals surface area contributed by atoms with Gasteiger partial charge in [-0.3, -0.25) is 9.79 Å². The summed E-state index contributed by atoms with van der Waals surface area (Å²) in [6, 6.07) is 2.29. The molecule has 1 heterocycles. The molecular weight excluding hydrogens is 366 g/mol. The van der Waals surface area contributed by atoms with Crippen molar-refractivity contribution in [1.29, 1.82) is 0 Å². The fourth-order valence-corrected chi connectivity index (χ4v) is 2.96. The van der Waals surface area contributed by atoms with E-state index >= 15 is 0 Å². The summed E-state index contributed by atoms with van der Waals surface area (Å²) in [4.78, 5) is 21.2. The molecule has 0 aromatic heterocycles. The van der Waals surface area contributed by atoms with Gasteiger partial charge in [0.05, 0.1) is 12.1 Å². The molecule has 2 rings (SSSR count). The summed E-state index contributed by atoms with van der Waals surface area (Å²) in [5.74, 6) is -1.73. The van der Waals surface area contributed by atoms with Gasteiger partial charge in [0.2, 0.25) is 5.91 Å². The highest BCUT2D eigenvalue weighted by Crippen LogP contribution is 2.29. The van der Waals surface area contributed by atoms with Gasteiger partial charge in [-0.1, -0.05) is 0 Å². The van der Waals surface area contributed by atoms with Crippen molar-refractivity contribution < 1.29 is 13.6 Å². The molecule has 1 aliphatic rings. The Labute approximate surface area is 162 Å². The van der Waals surface area contributed by atoms with Crippen molar-refractivity contribution >= 4 is 29.2 Å². The Bertz CT molecular complexity index is 889. The van der Waals surface area contributed by atoms with E-state index in [4.69, 9.17) is 11.5 Å². The van der Waals surface area contributed by atoms with E-state index in [-0.39, 0.29) is 35.1 Å². The highest BCUT2D eigenvalue weighted by Gasteiger charge is 2.23. The molecule has 28 heavy (non-hydrogen) atoms. The zero-order chi connectivity index (χ0) is 20.8. The zero-order valence-electron chi connectivity index (χ0n) is 16.1. The molecule has 0 radical (unpaired) electrons. The molecular formula is C19H24F2N6O. The van der Waals surface area contributed by atoms with Crippen molar-refractivity contribution in [1.82, 2.24) is 10.2 Å². The topological polar surface area (TPSA) is 109 Å². The number of nitrogens with two attached hydrogens (primary N) is 2. The molecule has 7 nitrogen and oxygen atoms in total. The Balaban J connectivity index is 2.52. The average molecular weight is 390 g/mol. The van der Waals surface area contributed by atoms with Crippen LogP contribution in [0.3, 0.4) is 0 Å². The van der Waals surface area contributed by atoms with Gasteiger partial charge in [0, 0.05) is 63.2 Å². The molecule has 0 atom stereocenters. The van der Waals surface area contributed by atoms with E-state index in [2.05, 4.69) is 15.3 Å². The lowest BCUT2D eigenvalue weighted by Gasteiger charge is -2.29. The standard InChI is InChI=1S/C19H24F2N6O/c1-11(28)27-7-6-15(25-3)13(10-27)19(23)26-16-5-4-14(20)17(18(16)21)12(8-22)9-24-2/h4-5,8-9,25H,6-7,10,22H2,1-3H3,(H2,23,26). The van der Waals surface area contributed by atoms with Gasteiger partial charge in [-0.05, 0) is 12.1 Å². The van der Waals surface area contributed by atoms with Crippen LogP contribution in [0.5, 0.6) is 0 Å². The first-order chi connectivity index (χ1) is 13.3. The van der Waals surface area contributed by atoms with Gasteiger partial charge < -0.3 is 21.7 Å². The lowest BCUT2D eigenvalue weighted by atomic mass is 10.0. The fourth-order valence-electron chi connectivity index (χ4n) is 2.96. The summed E-state index contributed by atoms with van der Waals surface area (Å²) in [5.41, 5.74) is 12.6. The number of aliphatic imine (C=N–C) groups is 2. The third-order valence-electron chi connectivity index (χ3n) is 4.45. The molecule has 1 amide bonds. The number of nitrogens with one attached hydrogen (secondary N) is 1. The van der Waals surface area contributed by atoms with Crippen LogP contribution < -0.4 is 16.8 Å². The van der Waals surface area contributed by atoms with Crippen LogP contribution in [0, 0.1) is 11.6 Å². The maximum atomic E-state index is 14.9. The van der Waals surface area contributed by atoms with Crippen molar-refractivity contribution in [2.75, 3.05) is 27.2 Å². The second-order valence-electron chi connectivity index (χ2n) is 6.16.